The molecule has 0 fully saturated rings. The molecule has 2 heterocycles. The number of amides is 2. The lowest BCUT2D eigenvalue weighted by molar-refractivity contribution is -0.123. The molecule has 31 heavy (non-hydrogen) atoms. The molecule has 0 saturated carbocycles. The highest BCUT2D eigenvalue weighted by Crippen LogP contribution is 2.35. The molecule has 0 bridgehead atoms. The first-order chi connectivity index (χ1) is 14.6. The monoisotopic (exact) mass is 459 g/mol. The van der Waals surface area contributed by atoms with Gasteiger partial charge in [0.2, 0.25) is 11.8 Å². The summed E-state index contributed by atoms with van der Waals surface area (Å²) in [5.74, 6) is -2.28. The average Bonchev–Trinajstić information content (AvgIpc) is 2.72. The number of benzene rings is 1. The standard InChI is InChI=1S/C20H18ClF4N3O3/c1-11-9-31-19-15(28(11)16(29)8-21)7-13(6-12-2-4-14(22)5-3-12)17(27-19)18(30)26-10-20(23,24)25/h2-5,7,11H,6,8-10H2,1H3,(H,26,30)/t11-/m0/s1. The summed E-state index contributed by atoms with van der Waals surface area (Å²) in [6, 6.07) is 6.50. The minimum atomic E-state index is -4.60. The quantitative estimate of drug-likeness (QED) is 0.549. The Morgan fingerprint density at radius 2 is 1.97 bits per heavy atom. The fourth-order valence-electron chi connectivity index (χ4n) is 3.18. The van der Waals surface area contributed by atoms with E-state index in [9.17, 15) is 27.2 Å². The van der Waals surface area contributed by atoms with Crippen LogP contribution in [0.25, 0.3) is 0 Å². The molecule has 0 radical (unpaired) electrons. The molecule has 1 aliphatic heterocycles. The highest BCUT2D eigenvalue weighted by atomic mass is 35.5. The second kappa shape index (κ2) is 9.09. The van der Waals surface area contributed by atoms with E-state index in [4.69, 9.17) is 16.3 Å². The van der Waals surface area contributed by atoms with E-state index in [-0.39, 0.29) is 47.8 Å². The number of nitrogens with zero attached hydrogens (tertiary/aromatic N) is 2. The SMILES string of the molecule is C[C@H]1COc2nc(C(=O)NCC(F)(F)F)c(Cc3ccc(F)cc3)cc2N1C(=O)CCl. The first-order valence-corrected chi connectivity index (χ1v) is 9.76. The smallest absolute Gasteiger partial charge is 0.405 e. The molecule has 1 aliphatic rings. The number of aromatic nitrogens is 1. The molecule has 0 unspecified atom stereocenters. The molecule has 1 atom stereocenters. The van der Waals surface area contributed by atoms with Gasteiger partial charge in [-0.1, -0.05) is 12.1 Å². The van der Waals surface area contributed by atoms with Crippen LogP contribution in [0.2, 0.25) is 0 Å². The van der Waals surface area contributed by atoms with Crippen molar-refractivity contribution in [2.75, 3.05) is 23.9 Å². The molecular formula is C20H18ClF4N3O3. The van der Waals surface area contributed by atoms with Crippen molar-refractivity contribution in [1.82, 2.24) is 10.3 Å². The largest absolute Gasteiger partial charge is 0.474 e. The molecular weight excluding hydrogens is 442 g/mol. The number of alkyl halides is 4. The third kappa shape index (κ3) is 5.43. The van der Waals surface area contributed by atoms with E-state index in [1.807, 2.05) is 0 Å². The summed E-state index contributed by atoms with van der Waals surface area (Å²) in [5.41, 5.74) is 0.817. The van der Waals surface area contributed by atoms with Crippen molar-refractivity contribution in [2.24, 2.45) is 0 Å². The summed E-state index contributed by atoms with van der Waals surface area (Å²) < 4.78 is 56.4. The van der Waals surface area contributed by atoms with Gasteiger partial charge in [-0.25, -0.2) is 9.37 Å². The number of hydrogen-bond donors (Lipinski definition) is 1. The van der Waals surface area contributed by atoms with E-state index in [0.717, 1.165) is 0 Å². The van der Waals surface area contributed by atoms with Gasteiger partial charge in [-0.15, -0.1) is 11.6 Å². The Hall–Kier alpha value is -2.88. The first-order valence-electron chi connectivity index (χ1n) is 9.23. The topological polar surface area (TPSA) is 71.5 Å². The number of ether oxygens (including phenoxy) is 1. The van der Waals surface area contributed by atoms with Crippen LogP contribution in [0.15, 0.2) is 30.3 Å². The summed E-state index contributed by atoms with van der Waals surface area (Å²) in [4.78, 5) is 30.3. The predicted octanol–water partition coefficient (Wildman–Crippen LogP) is 3.46. The van der Waals surface area contributed by atoms with E-state index in [0.29, 0.717) is 5.56 Å². The van der Waals surface area contributed by atoms with Gasteiger partial charge in [0.05, 0.1) is 6.04 Å². The Balaban J connectivity index is 2.05. The van der Waals surface area contributed by atoms with Crippen molar-refractivity contribution < 1.29 is 31.9 Å². The average molecular weight is 460 g/mol. The number of rotatable bonds is 5. The summed E-state index contributed by atoms with van der Waals surface area (Å²) in [7, 11) is 0. The summed E-state index contributed by atoms with van der Waals surface area (Å²) in [6.07, 6.45) is -4.54. The number of carbonyl (C=O) groups is 2. The lowest BCUT2D eigenvalue weighted by atomic mass is 10.0. The number of nitrogens with one attached hydrogen (secondary N) is 1. The molecule has 0 spiro atoms. The number of fused-ring (bicyclic) bond motifs is 1. The van der Waals surface area contributed by atoms with Crippen LogP contribution in [0.3, 0.4) is 0 Å². The van der Waals surface area contributed by atoms with Crippen LogP contribution in [0, 0.1) is 5.82 Å². The summed E-state index contributed by atoms with van der Waals surface area (Å²) in [6.45, 7) is 0.274. The Kier molecular flexibility index (Phi) is 6.68. The maximum atomic E-state index is 13.2. The number of carbonyl (C=O) groups excluding carboxylic acids is 2. The molecule has 3 rings (SSSR count). The highest BCUT2D eigenvalue weighted by molar-refractivity contribution is 6.29. The maximum Gasteiger partial charge on any atom is 0.405 e. The van der Waals surface area contributed by atoms with Gasteiger partial charge in [0.25, 0.3) is 5.91 Å². The zero-order valence-electron chi connectivity index (χ0n) is 16.3. The fourth-order valence-corrected chi connectivity index (χ4v) is 3.31. The van der Waals surface area contributed by atoms with Gasteiger partial charge in [0.15, 0.2) is 0 Å². The van der Waals surface area contributed by atoms with Gasteiger partial charge < -0.3 is 15.0 Å². The molecule has 1 aromatic heterocycles. The van der Waals surface area contributed by atoms with Gasteiger partial charge in [0, 0.05) is 0 Å². The highest BCUT2D eigenvalue weighted by Gasteiger charge is 2.33. The van der Waals surface area contributed by atoms with E-state index >= 15 is 0 Å². The van der Waals surface area contributed by atoms with Gasteiger partial charge in [0.1, 0.15) is 36.2 Å². The second-order valence-electron chi connectivity index (χ2n) is 6.98. The van der Waals surface area contributed by atoms with E-state index in [1.54, 1.807) is 12.2 Å². The number of anilines is 1. The van der Waals surface area contributed by atoms with Gasteiger partial charge >= 0.3 is 6.18 Å². The summed E-state index contributed by atoms with van der Waals surface area (Å²) in [5, 5.41) is 1.79. The van der Waals surface area contributed by atoms with Crippen molar-refractivity contribution >= 4 is 29.1 Å². The van der Waals surface area contributed by atoms with Crippen molar-refractivity contribution in [3.63, 3.8) is 0 Å². The molecule has 166 valence electrons. The van der Waals surface area contributed by atoms with Gasteiger partial charge in [-0.2, -0.15) is 13.2 Å². The number of hydrogen-bond acceptors (Lipinski definition) is 4. The molecule has 11 heteroatoms. The van der Waals surface area contributed by atoms with Crippen LogP contribution in [0.4, 0.5) is 23.2 Å². The Morgan fingerprint density at radius 1 is 1.29 bits per heavy atom. The zero-order chi connectivity index (χ0) is 22.8. The Morgan fingerprint density at radius 3 is 2.58 bits per heavy atom. The third-order valence-electron chi connectivity index (χ3n) is 4.56. The molecule has 6 nitrogen and oxygen atoms in total. The molecule has 0 saturated heterocycles. The second-order valence-corrected chi connectivity index (χ2v) is 7.25. The molecule has 1 N–H and O–H groups in total. The lowest BCUT2D eigenvalue weighted by Crippen LogP contribution is -2.46. The minimum Gasteiger partial charge on any atom is -0.474 e. The van der Waals surface area contributed by atoms with Crippen LogP contribution in [0.1, 0.15) is 28.5 Å². The van der Waals surface area contributed by atoms with Crippen molar-refractivity contribution in [2.45, 2.75) is 25.6 Å². The molecule has 2 amide bonds. The van der Waals surface area contributed by atoms with Crippen LogP contribution < -0.4 is 15.0 Å². The van der Waals surface area contributed by atoms with Crippen molar-refractivity contribution in [3.05, 3.63) is 53.0 Å². The van der Waals surface area contributed by atoms with Crippen LogP contribution in [0.5, 0.6) is 5.88 Å². The van der Waals surface area contributed by atoms with Gasteiger partial charge in [-0.05, 0) is 42.7 Å². The van der Waals surface area contributed by atoms with Crippen LogP contribution in [-0.4, -0.2) is 48.0 Å². The van der Waals surface area contributed by atoms with Crippen molar-refractivity contribution in [1.29, 1.82) is 0 Å². The van der Waals surface area contributed by atoms with E-state index < -0.39 is 30.4 Å². The maximum absolute atomic E-state index is 13.2. The van der Waals surface area contributed by atoms with Gasteiger partial charge in [-0.3, -0.25) is 9.59 Å². The van der Waals surface area contributed by atoms with Crippen LogP contribution in [-0.2, 0) is 11.2 Å². The molecule has 0 aliphatic carbocycles. The first kappa shape index (κ1) is 22.8. The van der Waals surface area contributed by atoms with Crippen LogP contribution >= 0.6 is 11.6 Å². The fraction of sp³-hybridized carbons (Fsp3) is 0.350. The lowest BCUT2D eigenvalue weighted by Gasteiger charge is -2.34. The molecule has 2 aromatic rings. The zero-order valence-corrected chi connectivity index (χ0v) is 17.1. The Labute approximate surface area is 180 Å². The predicted molar refractivity (Wildman–Crippen MR) is 105 cm³/mol. The Bertz CT molecular complexity index is 983. The normalized spacial score (nSPS) is 15.8. The van der Waals surface area contributed by atoms with E-state index in [1.165, 1.54) is 35.2 Å². The van der Waals surface area contributed by atoms with Crippen molar-refractivity contribution in [3.8, 4) is 5.88 Å². The van der Waals surface area contributed by atoms with E-state index in [2.05, 4.69) is 4.98 Å². The molecule has 1 aromatic carbocycles. The number of halogens is 5. The number of pyridine rings is 1. The third-order valence-corrected chi connectivity index (χ3v) is 4.79. The summed E-state index contributed by atoms with van der Waals surface area (Å²) >= 11 is 5.71. The minimum absolute atomic E-state index is 0.0587.